The molecule has 102 valence electrons. The van der Waals surface area contributed by atoms with Gasteiger partial charge in [-0.3, -0.25) is 0 Å². The van der Waals surface area contributed by atoms with E-state index in [1.165, 1.54) is 25.3 Å². The molecule has 0 heterocycles. The molecular weight excluding hydrogens is 227 g/mol. The molecule has 1 unspecified atom stereocenters. The van der Waals surface area contributed by atoms with E-state index in [0.717, 1.165) is 12.8 Å². The van der Waals surface area contributed by atoms with E-state index < -0.39 is 5.60 Å². The molecule has 18 heavy (non-hydrogen) atoms. The lowest BCUT2D eigenvalue weighted by molar-refractivity contribution is 0.0173. The van der Waals surface area contributed by atoms with E-state index in [2.05, 4.69) is 6.92 Å². The van der Waals surface area contributed by atoms with Crippen LogP contribution in [-0.2, 0) is 5.60 Å². The van der Waals surface area contributed by atoms with Gasteiger partial charge in [0.05, 0.1) is 5.60 Å². The Morgan fingerprint density at radius 2 is 1.72 bits per heavy atom. The van der Waals surface area contributed by atoms with E-state index in [-0.39, 0.29) is 5.82 Å². The van der Waals surface area contributed by atoms with Crippen LogP contribution in [0.1, 0.15) is 64.4 Å². The average Bonchev–Trinajstić information content (AvgIpc) is 2.39. The fourth-order valence-corrected chi connectivity index (χ4v) is 2.36. The normalized spacial score (nSPS) is 14.4. The highest BCUT2D eigenvalue weighted by molar-refractivity contribution is 5.24. The van der Waals surface area contributed by atoms with Crippen molar-refractivity contribution >= 4 is 0 Å². The van der Waals surface area contributed by atoms with Gasteiger partial charge in [-0.05, 0) is 18.9 Å². The van der Waals surface area contributed by atoms with Gasteiger partial charge < -0.3 is 5.11 Å². The molecule has 2 heteroatoms. The zero-order chi connectivity index (χ0) is 13.4. The number of hydrogen-bond acceptors (Lipinski definition) is 1. The first-order valence-corrected chi connectivity index (χ1v) is 7.11. The lowest BCUT2D eigenvalue weighted by Crippen LogP contribution is -2.26. The fourth-order valence-electron chi connectivity index (χ4n) is 2.36. The summed E-state index contributed by atoms with van der Waals surface area (Å²) in [5, 5.41) is 10.6. The van der Waals surface area contributed by atoms with Gasteiger partial charge >= 0.3 is 0 Å². The second-order valence-corrected chi connectivity index (χ2v) is 5.03. The maximum absolute atomic E-state index is 13.7. The molecule has 0 aliphatic carbocycles. The molecule has 0 amide bonds. The van der Waals surface area contributed by atoms with Crippen LogP contribution in [0.3, 0.4) is 0 Å². The van der Waals surface area contributed by atoms with Crippen molar-refractivity contribution in [1.29, 1.82) is 0 Å². The van der Waals surface area contributed by atoms with E-state index in [9.17, 15) is 9.50 Å². The monoisotopic (exact) mass is 252 g/mol. The van der Waals surface area contributed by atoms with Gasteiger partial charge in [0.15, 0.2) is 0 Å². The maximum Gasteiger partial charge on any atom is 0.129 e. The molecule has 1 N–H and O–H groups in total. The minimum absolute atomic E-state index is 0.296. The van der Waals surface area contributed by atoms with Crippen molar-refractivity contribution in [3.8, 4) is 0 Å². The molecule has 0 saturated heterocycles. The number of aliphatic hydroxyl groups is 1. The van der Waals surface area contributed by atoms with Gasteiger partial charge in [0.2, 0.25) is 0 Å². The number of hydrogen-bond donors (Lipinski definition) is 1. The van der Waals surface area contributed by atoms with Crippen molar-refractivity contribution in [2.24, 2.45) is 0 Å². The smallest absolute Gasteiger partial charge is 0.129 e. The molecule has 0 spiro atoms. The van der Waals surface area contributed by atoms with Crippen molar-refractivity contribution in [3.05, 3.63) is 35.6 Å². The minimum atomic E-state index is -1.00. The first-order valence-electron chi connectivity index (χ1n) is 7.11. The first kappa shape index (κ1) is 15.2. The maximum atomic E-state index is 13.7. The van der Waals surface area contributed by atoms with Gasteiger partial charge in [0.1, 0.15) is 5.82 Å². The van der Waals surface area contributed by atoms with Crippen LogP contribution in [0.2, 0.25) is 0 Å². The van der Waals surface area contributed by atoms with Gasteiger partial charge in [-0.2, -0.15) is 0 Å². The highest BCUT2D eigenvalue weighted by Crippen LogP contribution is 2.32. The molecule has 0 fully saturated rings. The summed E-state index contributed by atoms with van der Waals surface area (Å²) in [6, 6.07) is 6.57. The SMILES string of the molecule is CCCCCCCC(O)(CC)c1ccccc1F. The van der Waals surface area contributed by atoms with Crippen molar-refractivity contribution in [1.82, 2.24) is 0 Å². The van der Waals surface area contributed by atoms with E-state index in [1.807, 2.05) is 6.92 Å². The summed E-state index contributed by atoms with van der Waals surface area (Å²) in [6.07, 6.45) is 6.93. The lowest BCUT2D eigenvalue weighted by atomic mass is 9.85. The van der Waals surface area contributed by atoms with Crippen LogP contribution in [0.5, 0.6) is 0 Å². The number of rotatable bonds is 8. The summed E-state index contributed by atoms with van der Waals surface area (Å²) in [4.78, 5) is 0. The molecular formula is C16H25FO. The van der Waals surface area contributed by atoms with Crippen molar-refractivity contribution in [2.75, 3.05) is 0 Å². The number of benzene rings is 1. The number of halogens is 1. The number of unbranched alkanes of at least 4 members (excludes halogenated alkanes) is 4. The molecule has 1 aromatic rings. The standard InChI is InChI=1S/C16H25FO/c1-3-5-6-7-10-13-16(18,4-2)14-11-8-9-12-15(14)17/h8-9,11-12,18H,3-7,10,13H2,1-2H3. The van der Waals surface area contributed by atoms with Crippen LogP contribution in [0.25, 0.3) is 0 Å². The van der Waals surface area contributed by atoms with Gasteiger partial charge in [0.25, 0.3) is 0 Å². The van der Waals surface area contributed by atoms with Crippen LogP contribution < -0.4 is 0 Å². The lowest BCUT2D eigenvalue weighted by Gasteiger charge is -2.27. The fraction of sp³-hybridized carbons (Fsp3) is 0.625. The van der Waals surface area contributed by atoms with Crippen LogP contribution in [0.4, 0.5) is 4.39 Å². The average molecular weight is 252 g/mol. The summed E-state index contributed by atoms with van der Waals surface area (Å²) in [5.41, 5.74) is -0.555. The van der Waals surface area contributed by atoms with Gasteiger partial charge in [-0.1, -0.05) is 64.2 Å². The summed E-state index contributed by atoms with van der Waals surface area (Å²) in [7, 11) is 0. The third-order valence-electron chi connectivity index (χ3n) is 3.65. The zero-order valence-corrected chi connectivity index (χ0v) is 11.6. The second-order valence-electron chi connectivity index (χ2n) is 5.03. The van der Waals surface area contributed by atoms with Gasteiger partial charge in [-0.15, -0.1) is 0 Å². The van der Waals surface area contributed by atoms with Gasteiger partial charge in [0, 0.05) is 5.56 Å². The Kier molecular flexibility index (Phi) is 6.34. The Morgan fingerprint density at radius 1 is 1.06 bits per heavy atom. The quantitative estimate of drug-likeness (QED) is 0.660. The molecule has 1 atom stereocenters. The van der Waals surface area contributed by atoms with E-state index in [4.69, 9.17) is 0 Å². The largest absolute Gasteiger partial charge is 0.385 e. The molecule has 0 aromatic heterocycles. The van der Waals surface area contributed by atoms with Gasteiger partial charge in [-0.25, -0.2) is 4.39 Å². The highest BCUT2D eigenvalue weighted by Gasteiger charge is 2.29. The third-order valence-corrected chi connectivity index (χ3v) is 3.65. The summed E-state index contributed by atoms with van der Waals surface area (Å²) < 4.78 is 13.7. The van der Waals surface area contributed by atoms with E-state index >= 15 is 0 Å². The highest BCUT2D eigenvalue weighted by atomic mass is 19.1. The Morgan fingerprint density at radius 3 is 2.33 bits per heavy atom. The molecule has 0 radical (unpaired) electrons. The summed E-state index contributed by atoms with van der Waals surface area (Å²) in [5.74, 6) is -0.296. The molecule has 1 aromatic carbocycles. The predicted octanol–water partition coefficient (Wildman–Crippen LogP) is 4.78. The first-order chi connectivity index (χ1) is 8.64. The Balaban J connectivity index is 2.60. The van der Waals surface area contributed by atoms with Crippen LogP contribution in [0.15, 0.2) is 24.3 Å². The van der Waals surface area contributed by atoms with Crippen LogP contribution in [0, 0.1) is 5.82 Å². The molecule has 1 nitrogen and oxygen atoms in total. The van der Waals surface area contributed by atoms with Crippen molar-refractivity contribution in [3.63, 3.8) is 0 Å². The Hall–Kier alpha value is -0.890. The molecule has 0 bridgehead atoms. The Bertz CT molecular complexity index is 351. The van der Waals surface area contributed by atoms with E-state index in [1.54, 1.807) is 18.2 Å². The minimum Gasteiger partial charge on any atom is -0.385 e. The van der Waals surface area contributed by atoms with Crippen molar-refractivity contribution < 1.29 is 9.50 Å². The predicted molar refractivity (Wildman–Crippen MR) is 74.0 cm³/mol. The topological polar surface area (TPSA) is 20.2 Å². The summed E-state index contributed by atoms with van der Waals surface area (Å²) >= 11 is 0. The Labute approximate surface area is 110 Å². The zero-order valence-electron chi connectivity index (χ0n) is 11.6. The second kappa shape index (κ2) is 7.52. The van der Waals surface area contributed by atoms with Crippen LogP contribution in [-0.4, -0.2) is 5.11 Å². The molecule has 0 saturated carbocycles. The summed E-state index contributed by atoms with van der Waals surface area (Å²) in [6.45, 7) is 4.10. The molecule has 0 aliphatic heterocycles. The molecule has 1 rings (SSSR count). The molecule has 0 aliphatic rings. The third kappa shape index (κ3) is 4.09. The van der Waals surface area contributed by atoms with Crippen LogP contribution >= 0.6 is 0 Å². The van der Waals surface area contributed by atoms with E-state index in [0.29, 0.717) is 18.4 Å². The van der Waals surface area contributed by atoms with Crippen molar-refractivity contribution in [2.45, 2.75) is 64.4 Å².